The summed E-state index contributed by atoms with van der Waals surface area (Å²) in [6, 6.07) is 3.96. The van der Waals surface area contributed by atoms with Gasteiger partial charge in [-0.3, -0.25) is 4.52 Å². The monoisotopic (exact) mass is 317 g/mol. The standard InChI is InChI=1S/C14H15N5O2S/c1-4-19-7-13(21-18-19)17-12(20)8-22-14-11(6-15)9(2)5-10(3)16-14/h5,7H,4,8H2,1-3H3. The molecule has 2 aromatic rings. The van der Waals surface area contributed by atoms with E-state index in [4.69, 9.17) is 4.52 Å². The van der Waals surface area contributed by atoms with E-state index in [1.54, 1.807) is 10.9 Å². The fourth-order valence-electron chi connectivity index (χ4n) is 1.80. The zero-order chi connectivity index (χ0) is 16.1. The van der Waals surface area contributed by atoms with E-state index in [-0.39, 0.29) is 17.5 Å². The number of hydrogen-bond acceptors (Lipinski definition) is 7. The predicted octanol–water partition coefficient (Wildman–Crippen LogP) is 1.05. The van der Waals surface area contributed by atoms with Crippen LogP contribution in [-0.2, 0) is 6.54 Å². The van der Waals surface area contributed by atoms with Crippen LogP contribution in [0.5, 0.6) is 0 Å². The second-order valence-corrected chi connectivity index (χ2v) is 5.53. The van der Waals surface area contributed by atoms with Crippen LogP contribution in [0.3, 0.4) is 0 Å². The van der Waals surface area contributed by atoms with Crippen molar-refractivity contribution >= 4 is 23.5 Å². The highest BCUT2D eigenvalue weighted by Crippen LogP contribution is 2.23. The molecule has 0 unspecified atom stereocenters. The maximum atomic E-state index is 11.9. The summed E-state index contributed by atoms with van der Waals surface area (Å²) in [6.45, 7) is 6.24. The van der Waals surface area contributed by atoms with Gasteiger partial charge in [0.15, 0.2) is 6.54 Å². The van der Waals surface area contributed by atoms with Crippen LogP contribution >= 0.6 is 11.8 Å². The summed E-state index contributed by atoms with van der Waals surface area (Å²) in [4.78, 5) is 8.13. The van der Waals surface area contributed by atoms with Crippen molar-refractivity contribution in [3.63, 3.8) is 0 Å². The van der Waals surface area contributed by atoms with Crippen molar-refractivity contribution in [2.75, 3.05) is 5.75 Å². The van der Waals surface area contributed by atoms with Gasteiger partial charge in [0.25, 0.3) is 6.20 Å². The summed E-state index contributed by atoms with van der Waals surface area (Å²) < 4.78 is 6.45. The first-order chi connectivity index (χ1) is 10.5. The van der Waals surface area contributed by atoms with Gasteiger partial charge in [-0.25, -0.2) is 9.98 Å². The van der Waals surface area contributed by atoms with Crippen LogP contribution in [0, 0.1) is 25.2 Å². The lowest BCUT2D eigenvalue weighted by molar-refractivity contribution is -0.759. The molecule has 0 atom stereocenters. The first-order valence-electron chi connectivity index (χ1n) is 6.65. The molecule has 0 saturated carbocycles. The van der Waals surface area contributed by atoms with E-state index < -0.39 is 0 Å². The Hall–Kier alpha value is -2.40. The first-order valence-corrected chi connectivity index (χ1v) is 7.64. The number of thioether (sulfide) groups is 1. The number of nitrogens with zero attached hydrogens (tertiary/aromatic N) is 5. The van der Waals surface area contributed by atoms with Gasteiger partial charge in [-0.2, -0.15) is 5.26 Å². The van der Waals surface area contributed by atoms with E-state index in [1.807, 2.05) is 26.8 Å². The number of nitriles is 1. The summed E-state index contributed by atoms with van der Waals surface area (Å²) in [7, 11) is 0. The number of rotatable bonds is 5. The second kappa shape index (κ2) is 7.04. The molecule has 0 aliphatic heterocycles. The highest BCUT2D eigenvalue weighted by molar-refractivity contribution is 7.99. The largest absolute Gasteiger partial charge is 0.861 e. The number of aryl methyl sites for hydroxylation is 3. The maximum absolute atomic E-state index is 11.9. The number of aliphatic imine (C=N–C) groups is 1. The van der Waals surface area contributed by atoms with Crippen LogP contribution in [0.15, 0.2) is 26.8 Å². The minimum Gasteiger partial charge on any atom is -0.861 e. The van der Waals surface area contributed by atoms with Crippen LogP contribution in [0.4, 0.5) is 5.88 Å². The fraction of sp³-hybridized carbons (Fsp3) is 0.357. The lowest BCUT2D eigenvalue weighted by Gasteiger charge is -2.10. The van der Waals surface area contributed by atoms with Crippen molar-refractivity contribution in [3.05, 3.63) is 29.1 Å². The molecule has 0 radical (unpaired) electrons. The van der Waals surface area contributed by atoms with Crippen molar-refractivity contribution in [2.45, 2.75) is 32.3 Å². The fourth-order valence-corrected chi connectivity index (χ4v) is 2.68. The highest BCUT2D eigenvalue weighted by Gasteiger charge is 2.10. The number of aromatic nitrogens is 3. The molecule has 22 heavy (non-hydrogen) atoms. The van der Waals surface area contributed by atoms with E-state index >= 15 is 0 Å². The van der Waals surface area contributed by atoms with Crippen molar-refractivity contribution in [1.29, 1.82) is 5.26 Å². The molecule has 0 bridgehead atoms. The maximum Gasteiger partial charge on any atom is 0.320 e. The lowest BCUT2D eigenvalue weighted by Crippen LogP contribution is -2.32. The molecule has 0 fully saturated rings. The Balaban J connectivity index is 2.11. The van der Waals surface area contributed by atoms with Gasteiger partial charge in [0.2, 0.25) is 5.27 Å². The third kappa shape index (κ3) is 3.83. The molecule has 8 heteroatoms. The van der Waals surface area contributed by atoms with Gasteiger partial charge in [0.05, 0.1) is 5.56 Å². The van der Waals surface area contributed by atoms with Crippen molar-refractivity contribution in [2.24, 2.45) is 4.99 Å². The molecule has 2 rings (SSSR count). The Morgan fingerprint density at radius 2 is 2.32 bits per heavy atom. The molecule has 0 saturated heterocycles. The molecule has 0 aromatic carbocycles. The molecule has 2 heterocycles. The highest BCUT2D eigenvalue weighted by atomic mass is 32.2. The topological polar surface area (TPSA) is 102 Å². The minimum absolute atomic E-state index is 0.0808. The third-order valence-electron chi connectivity index (χ3n) is 2.81. The van der Waals surface area contributed by atoms with Gasteiger partial charge in [-0.05, 0) is 38.3 Å². The lowest BCUT2D eigenvalue weighted by atomic mass is 10.1. The average Bonchev–Trinajstić information content (AvgIpc) is 2.92. The zero-order valence-corrected chi connectivity index (χ0v) is 13.3. The van der Waals surface area contributed by atoms with Gasteiger partial charge in [0.1, 0.15) is 11.1 Å². The normalized spacial score (nSPS) is 11.5. The minimum atomic E-state index is -0.366. The molecule has 0 amide bonds. The molecule has 0 aliphatic rings. The summed E-state index contributed by atoms with van der Waals surface area (Å²) in [5, 5.41) is 25.3. The van der Waals surface area contributed by atoms with Gasteiger partial charge in [-0.1, -0.05) is 16.4 Å². The summed E-state index contributed by atoms with van der Waals surface area (Å²) in [6.07, 6.45) is 1.55. The van der Waals surface area contributed by atoms with E-state index in [2.05, 4.69) is 21.3 Å². The van der Waals surface area contributed by atoms with Crippen LogP contribution < -0.4 is 9.79 Å². The van der Waals surface area contributed by atoms with Gasteiger partial charge >= 0.3 is 5.88 Å². The van der Waals surface area contributed by atoms with Crippen molar-refractivity contribution in [1.82, 2.24) is 10.3 Å². The summed E-state index contributed by atoms with van der Waals surface area (Å²) in [5.41, 5.74) is 2.15. The Morgan fingerprint density at radius 3 is 2.95 bits per heavy atom. The second-order valence-electron chi connectivity index (χ2n) is 4.56. The van der Waals surface area contributed by atoms with Crippen LogP contribution in [0.25, 0.3) is 0 Å². The van der Waals surface area contributed by atoms with E-state index in [9.17, 15) is 10.4 Å². The predicted molar refractivity (Wildman–Crippen MR) is 78.6 cm³/mol. The van der Waals surface area contributed by atoms with Crippen LogP contribution in [-0.4, -0.2) is 21.9 Å². The molecule has 2 aromatic heterocycles. The quantitative estimate of drug-likeness (QED) is 0.353. The number of hydrogen-bond donors (Lipinski definition) is 0. The molecule has 0 spiro atoms. The van der Waals surface area contributed by atoms with Crippen molar-refractivity contribution in [3.8, 4) is 6.07 Å². The third-order valence-corrected chi connectivity index (χ3v) is 3.77. The SMILES string of the molecule is CC[n+]1cc(/N=C(/[O-])CSc2nc(C)cc(C)c2C#N)on1. The molecule has 114 valence electrons. The van der Waals surface area contributed by atoms with E-state index in [0.717, 1.165) is 11.3 Å². The molecular formula is C14H15N5O2S. The molecular weight excluding hydrogens is 302 g/mol. The van der Waals surface area contributed by atoms with Crippen LogP contribution in [0.2, 0.25) is 0 Å². The molecule has 0 N–H and O–H groups in total. The molecule has 7 nitrogen and oxygen atoms in total. The zero-order valence-electron chi connectivity index (χ0n) is 12.5. The van der Waals surface area contributed by atoms with Crippen molar-refractivity contribution < 1.29 is 14.3 Å². The first kappa shape index (κ1) is 16.0. The van der Waals surface area contributed by atoms with Crippen LogP contribution in [0.1, 0.15) is 23.7 Å². The average molecular weight is 317 g/mol. The Kier molecular flexibility index (Phi) is 5.12. The van der Waals surface area contributed by atoms with E-state index in [1.165, 1.54) is 11.8 Å². The molecule has 0 aliphatic carbocycles. The summed E-state index contributed by atoms with van der Waals surface area (Å²) in [5.74, 6) is -0.118. The van der Waals surface area contributed by atoms with Gasteiger partial charge in [-0.15, -0.1) is 0 Å². The smallest absolute Gasteiger partial charge is 0.320 e. The Morgan fingerprint density at radius 1 is 1.55 bits per heavy atom. The summed E-state index contributed by atoms with van der Waals surface area (Å²) >= 11 is 1.19. The Bertz CT molecular complexity index is 748. The van der Waals surface area contributed by atoms with Gasteiger partial charge < -0.3 is 5.11 Å². The van der Waals surface area contributed by atoms with E-state index in [0.29, 0.717) is 17.1 Å². The Labute approximate surface area is 132 Å². The number of pyridine rings is 1. The van der Waals surface area contributed by atoms with Gasteiger partial charge in [0, 0.05) is 11.4 Å².